The first kappa shape index (κ1) is 14.0. The van der Waals surface area contributed by atoms with Crippen molar-refractivity contribution in [1.29, 1.82) is 0 Å². The summed E-state index contributed by atoms with van der Waals surface area (Å²) in [6.45, 7) is 0. The molecule has 1 aliphatic carbocycles. The van der Waals surface area contributed by atoms with Crippen molar-refractivity contribution in [3.8, 4) is 11.8 Å². The Bertz CT molecular complexity index is 531. The summed E-state index contributed by atoms with van der Waals surface area (Å²) < 4.78 is 6.47. The first-order valence-corrected chi connectivity index (χ1v) is 7.26. The van der Waals surface area contributed by atoms with Crippen molar-refractivity contribution in [2.45, 2.75) is 44.3 Å². The molecule has 0 saturated carbocycles. The quantitative estimate of drug-likeness (QED) is 0.830. The van der Waals surface area contributed by atoms with Crippen LogP contribution in [0.4, 0.5) is 0 Å². The van der Waals surface area contributed by atoms with Crippen molar-refractivity contribution in [3.05, 3.63) is 24.3 Å². The topological polar surface area (TPSA) is 80.9 Å². The third kappa shape index (κ3) is 2.90. The van der Waals surface area contributed by atoms with Crippen LogP contribution in [0.25, 0.3) is 0 Å². The van der Waals surface area contributed by atoms with E-state index >= 15 is 0 Å². The van der Waals surface area contributed by atoms with Gasteiger partial charge in [0.25, 0.3) is 0 Å². The predicted molar refractivity (Wildman–Crippen MR) is 73.7 cm³/mol. The molecule has 2 heterocycles. The van der Waals surface area contributed by atoms with E-state index in [1.54, 1.807) is 0 Å². The van der Waals surface area contributed by atoms with Gasteiger partial charge in [0.2, 0.25) is 11.8 Å². The highest BCUT2D eigenvalue weighted by Crippen LogP contribution is 2.38. The highest BCUT2D eigenvalue weighted by Gasteiger charge is 2.42. The maximum absolute atomic E-state index is 11.9. The zero-order valence-electron chi connectivity index (χ0n) is 11.6. The van der Waals surface area contributed by atoms with Crippen molar-refractivity contribution >= 4 is 5.97 Å². The van der Waals surface area contributed by atoms with E-state index in [9.17, 15) is 15.0 Å². The van der Waals surface area contributed by atoms with Crippen LogP contribution in [0.3, 0.4) is 0 Å². The van der Waals surface area contributed by atoms with E-state index in [2.05, 4.69) is 12.2 Å². The molecule has 3 rings (SSSR count). The van der Waals surface area contributed by atoms with Crippen molar-refractivity contribution in [1.82, 2.24) is 4.73 Å². The highest BCUT2D eigenvalue weighted by molar-refractivity contribution is 5.70. The number of ether oxygens (including phenoxy) is 1. The summed E-state index contributed by atoms with van der Waals surface area (Å²) in [6, 6.07) is 2.50. The summed E-state index contributed by atoms with van der Waals surface area (Å²) in [6.07, 6.45) is 8.62. The van der Waals surface area contributed by atoms with Crippen LogP contribution in [0.5, 0.6) is 11.8 Å². The Morgan fingerprint density at radius 1 is 1.24 bits per heavy atom. The Hall–Kier alpha value is -1.95. The molecule has 0 aromatic carbocycles. The molecule has 0 amide bonds. The van der Waals surface area contributed by atoms with Crippen molar-refractivity contribution in [3.63, 3.8) is 0 Å². The summed E-state index contributed by atoms with van der Waals surface area (Å²) in [7, 11) is 0. The van der Waals surface area contributed by atoms with E-state index in [0.717, 1.165) is 25.7 Å². The average molecular weight is 293 g/mol. The Kier molecular flexibility index (Phi) is 3.88. The van der Waals surface area contributed by atoms with E-state index in [1.807, 2.05) is 0 Å². The Balaban J connectivity index is 1.55. The zero-order valence-corrected chi connectivity index (χ0v) is 11.6. The average Bonchev–Trinajstić information content (AvgIpc) is 2.73. The summed E-state index contributed by atoms with van der Waals surface area (Å²) in [5, 5.41) is 18.9. The number of aromatic hydroxyl groups is 2. The first-order valence-electron chi connectivity index (χ1n) is 7.26. The molecular formula is C15H19NO5. The van der Waals surface area contributed by atoms with E-state index in [-0.39, 0.29) is 30.4 Å². The van der Waals surface area contributed by atoms with Crippen LogP contribution in [-0.4, -0.2) is 33.1 Å². The lowest BCUT2D eigenvalue weighted by atomic mass is 9.80. The van der Waals surface area contributed by atoms with Crippen LogP contribution in [0.2, 0.25) is 0 Å². The van der Waals surface area contributed by atoms with E-state index in [0.29, 0.717) is 10.6 Å². The molecule has 1 aromatic heterocycles. The smallest absolute Gasteiger partial charge is 0.335 e. The molecule has 2 aliphatic rings. The van der Waals surface area contributed by atoms with E-state index in [1.165, 1.54) is 12.1 Å². The number of carbonyl (C=O) groups is 1. The van der Waals surface area contributed by atoms with Crippen LogP contribution >= 0.6 is 0 Å². The molecule has 2 N–H and O–H groups in total. The third-order valence-corrected chi connectivity index (χ3v) is 4.11. The number of hydrogen-bond donors (Lipinski definition) is 2. The molecule has 1 aromatic rings. The first-order chi connectivity index (χ1) is 10.1. The van der Waals surface area contributed by atoms with Gasteiger partial charge in [-0.1, -0.05) is 12.2 Å². The number of carbonyl (C=O) groups excluding carboxylic acids is 1. The van der Waals surface area contributed by atoms with Gasteiger partial charge in [-0.15, -0.1) is 4.73 Å². The van der Waals surface area contributed by atoms with E-state index in [4.69, 9.17) is 9.57 Å². The van der Waals surface area contributed by atoms with Gasteiger partial charge in [0.15, 0.2) is 0 Å². The molecule has 21 heavy (non-hydrogen) atoms. The lowest BCUT2D eigenvalue weighted by Crippen LogP contribution is -2.50. The van der Waals surface area contributed by atoms with Crippen molar-refractivity contribution < 1.29 is 24.6 Å². The molecule has 1 saturated heterocycles. The van der Waals surface area contributed by atoms with Gasteiger partial charge in [-0.05, 0) is 25.7 Å². The second-order valence-corrected chi connectivity index (χ2v) is 5.51. The molecule has 0 radical (unpaired) electrons. The second kappa shape index (κ2) is 5.81. The molecule has 6 nitrogen and oxygen atoms in total. The fourth-order valence-electron chi connectivity index (χ4n) is 3.01. The Morgan fingerprint density at radius 2 is 1.90 bits per heavy atom. The minimum atomic E-state index is -0.530. The van der Waals surface area contributed by atoms with Crippen LogP contribution in [-0.2, 0) is 9.53 Å². The van der Waals surface area contributed by atoms with Gasteiger partial charge in [0.05, 0.1) is 18.6 Å². The maximum Gasteiger partial charge on any atom is 0.335 e. The molecule has 1 fully saturated rings. The normalized spacial score (nSPS) is 28.1. The molecular weight excluding hydrogens is 274 g/mol. The fourth-order valence-corrected chi connectivity index (χ4v) is 3.01. The zero-order chi connectivity index (χ0) is 14.8. The van der Waals surface area contributed by atoms with Crippen molar-refractivity contribution in [2.75, 3.05) is 0 Å². The lowest BCUT2D eigenvalue weighted by molar-refractivity contribution is -0.198. The van der Waals surface area contributed by atoms with Gasteiger partial charge in [-0.3, -0.25) is 0 Å². The summed E-state index contributed by atoms with van der Waals surface area (Å²) >= 11 is 0. The van der Waals surface area contributed by atoms with Gasteiger partial charge >= 0.3 is 5.97 Å². The fraction of sp³-hybridized carbons (Fsp3) is 0.533. The summed E-state index contributed by atoms with van der Waals surface area (Å²) in [4.78, 5) is 16.8. The minimum absolute atomic E-state index is 0.127. The number of nitrogens with zero attached hydrogens (tertiary/aromatic N) is 1. The van der Waals surface area contributed by atoms with Crippen LogP contribution in [0.15, 0.2) is 24.3 Å². The largest absolute Gasteiger partial charge is 0.492 e. The number of fused-ring (bicyclic) bond motifs is 1. The van der Waals surface area contributed by atoms with E-state index < -0.39 is 5.97 Å². The predicted octanol–water partition coefficient (Wildman–Crippen LogP) is 1.76. The lowest BCUT2D eigenvalue weighted by Gasteiger charge is -2.45. The molecule has 0 bridgehead atoms. The van der Waals surface area contributed by atoms with Gasteiger partial charge in [-0.2, -0.15) is 0 Å². The molecule has 114 valence electrons. The van der Waals surface area contributed by atoms with Gasteiger partial charge < -0.3 is 19.8 Å². The number of rotatable bonds is 3. The second-order valence-electron chi connectivity index (χ2n) is 5.51. The summed E-state index contributed by atoms with van der Waals surface area (Å²) in [5.41, 5.74) is 0. The number of allylic oxidation sites excluding steroid dienone is 2. The molecule has 3 unspecified atom stereocenters. The molecule has 3 atom stereocenters. The van der Waals surface area contributed by atoms with Gasteiger partial charge in [-0.25, -0.2) is 4.79 Å². The van der Waals surface area contributed by atoms with Gasteiger partial charge in [0, 0.05) is 18.1 Å². The van der Waals surface area contributed by atoms with Gasteiger partial charge in [0.1, 0.15) is 0 Å². The van der Waals surface area contributed by atoms with Crippen LogP contribution in [0, 0.1) is 5.92 Å². The Morgan fingerprint density at radius 3 is 2.62 bits per heavy atom. The number of hydrogen-bond acceptors (Lipinski definition) is 5. The standard InChI is InChI=1S/C15H19NO5/c17-13-7-8-14(18)16(13)21-15(19)9-12-10-5-3-1-2-4-6-11(10)20-12/h1-2,7-8,10-12,17-18H,3-6,9H2. The SMILES string of the molecule is O=C(CC1OC2CCC=CCCC21)On1c(O)ccc1O. The monoisotopic (exact) mass is 293 g/mol. The third-order valence-electron chi connectivity index (χ3n) is 4.11. The minimum Gasteiger partial charge on any atom is -0.492 e. The maximum atomic E-state index is 11.9. The summed E-state index contributed by atoms with van der Waals surface area (Å²) in [5.74, 6) is -0.777. The number of aromatic nitrogens is 1. The van der Waals surface area contributed by atoms with Crippen LogP contribution < -0.4 is 4.84 Å². The van der Waals surface area contributed by atoms with Crippen LogP contribution in [0.1, 0.15) is 32.1 Å². The molecule has 0 spiro atoms. The Labute approximate surface area is 122 Å². The molecule has 6 heteroatoms. The highest BCUT2D eigenvalue weighted by atomic mass is 16.7. The van der Waals surface area contributed by atoms with Crippen molar-refractivity contribution in [2.24, 2.45) is 5.92 Å². The molecule has 1 aliphatic heterocycles.